The highest BCUT2D eigenvalue weighted by atomic mass is 19.4. The molecule has 0 aromatic carbocycles. The molecular formula is C19H37F6N3O. The standard InChI is InChI=1S/2C8H14F3N.C3H9NO/c1-12-7-4-2-6(3-5-7)8(9,10)11;9-8(10,11)7-3-1-2-6(4-7)5-12;1-5-3-2-4/h6-7,12H,2-5H2,1H3;6-7H,1-5,12H2;2-4H2,1H3. The summed E-state index contributed by atoms with van der Waals surface area (Å²) in [6, 6.07) is 0.295. The van der Waals surface area contributed by atoms with E-state index in [1.54, 1.807) is 14.2 Å². The Hall–Kier alpha value is -0.580. The van der Waals surface area contributed by atoms with Gasteiger partial charge in [-0.1, -0.05) is 6.42 Å². The fourth-order valence-corrected chi connectivity index (χ4v) is 3.63. The fraction of sp³-hybridized carbons (Fsp3) is 1.00. The summed E-state index contributed by atoms with van der Waals surface area (Å²) in [5.41, 5.74) is 10.4. The maximum atomic E-state index is 12.2. The zero-order chi connectivity index (χ0) is 22.5. The maximum Gasteiger partial charge on any atom is 0.391 e. The van der Waals surface area contributed by atoms with Gasteiger partial charge in [0.2, 0.25) is 0 Å². The van der Waals surface area contributed by atoms with Gasteiger partial charge in [0.25, 0.3) is 0 Å². The van der Waals surface area contributed by atoms with Gasteiger partial charge in [-0.05, 0) is 64.5 Å². The van der Waals surface area contributed by atoms with Crippen LogP contribution >= 0.6 is 0 Å². The van der Waals surface area contributed by atoms with Crippen molar-refractivity contribution in [3.05, 3.63) is 0 Å². The van der Waals surface area contributed by atoms with E-state index in [-0.39, 0.29) is 25.2 Å². The summed E-state index contributed by atoms with van der Waals surface area (Å²) in [4.78, 5) is 0. The molecule has 2 saturated carbocycles. The van der Waals surface area contributed by atoms with Gasteiger partial charge >= 0.3 is 12.4 Å². The first-order valence-electron chi connectivity index (χ1n) is 10.2. The van der Waals surface area contributed by atoms with Gasteiger partial charge in [-0.15, -0.1) is 0 Å². The van der Waals surface area contributed by atoms with Crippen LogP contribution < -0.4 is 16.8 Å². The molecule has 2 unspecified atom stereocenters. The van der Waals surface area contributed by atoms with E-state index in [0.29, 0.717) is 51.4 Å². The summed E-state index contributed by atoms with van der Waals surface area (Å²) in [6.45, 7) is 1.68. The van der Waals surface area contributed by atoms with Crippen LogP contribution in [-0.4, -0.2) is 52.2 Å². The Labute approximate surface area is 170 Å². The van der Waals surface area contributed by atoms with Gasteiger partial charge in [0, 0.05) is 19.7 Å². The van der Waals surface area contributed by atoms with Crippen LogP contribution in [0.1, 0.15) is 51.4 Å². The van der Waals surface area contributed by atoms with E-state index in [1.807, 2.05) is 0 Å². The number of alkyl halides is 6. The van der Waals surface area contributed by atoms with Crippen molar-refractivity contribution in [3.63, 3.8) is 0 Å². The van der Waals surface area contributed by atoms with Crippen molar-refractivity contribution in [3.8, 4) is 0 Å². The van der Waals surface area contributed by atoms with Crippen LogP contribution in [0.2, 0.25) is 0 Å². The van der Waals surface area contributed by atoms with Crippen LogP contribution in [0.3, 0.4) is 0 Å². The number of hydrogen-bond acceptors (Lipinski definition) is 4. The molecule has 0 heterocycles. The van der Waals surface area contributed by atoms with Crippen molar-refractivity contribution < 1.29 is 31.1 Å². The molecule has 2 rings (SSSR count). The molecule has 4 nitrogen and oxygen atoms in total. The zero-order valence-corrected chi connectivity index (χ0v) is 17.4. The summed E-state index contributed by atoms with van der Waals surface area (Å²) in [6.07, 6.45) is -4.03. The number of halogens is 6. The third kappa shape index (κ3) is 12.7. The first-order chi connectivity index (χ1) is 13.5. The van der Waals surface area contributed by atoms with E-state index in [0.717, 1.165) is 6.42 Å². The maximum absolute atomic E-state index is 12.2. The molecule has 176 valence electrons. The molecule has 0 aromatic rings. The molecule has 5 N–H and O–H groups in total. The molecule has 2 atom stereocenters. The first-order valence-corrected chi connectivity index (χ1v) is 10.2. The molecule has 2 fully saturated rings. The first kappa shape index (κ1) is 28.4. The van der Waals surface area contributed by atoms with E-state index in [9.17, 15) is 26.3 Å². The summed E-state index contributed by atoms with van der Waals surface area (Å²) in [7, 11) is 3.44. The van der Waals surface area contributed by atoms with Gasteiger partial charge in [-0.3, -0.25) is 0 Å². The lowest BCUT2D eigenvalue weighted by Crippen LogP contribution is -2.35. The molecule has 0 bridgehead atoms. The van der Waals surface area contributed by atoms with Crippen LogP contribution in [-0.2, 0) is 4.74 Å². The summed E-state index contributed by atoms with van der Waals surface area (Å²) in [5, 5.41) is 3.01. The minimum Gasteiger partial charge on any atom is -0.383 e. The van der Waals surface area contributed by atoms with Gasteiger partial charge in [-0.25, -0.2) is 0 Å². The molecule has 0 spiro atoms. The van der Waals surface area contributed by atoms with Crippen LogP contribution in [0.5, 0.6) is 0 Å². The molecule has 0 aromatic heterocycles. The second kappa shape index (κ2) is 14.4. The quantitative estimate of drug-likeness (QED) is 0.576. The Kier molecular flexibility index (Phi) is 14.1. The number of rotatable bonds is 4. The van der Waals surface area contributed by atoms with Crippen molar-refractivity contribution in [1.82, 2.24) is 5.32 Å². The van der Waals surface area contributed by atoms with Crippen molar-refractivity contribution in [2.45, 2.75) is 69.8 Å². The lowest BCUT2D eigenvalue weighted by molar-refractivity contribution is -0.185. The smallest absolute Gasteiger partial charge is 0.383 e. The Morgan fingerprint density at radius 3 is 1.76 bits per heavy atom. The average molecular weight is 438 g/mol. The molecule has 0 aliphatic heterocycles. The predicted octanol–water partition coefficient (Wildman–Crippen LogP) is 4.23. The lowest BCUT2D eigenvalue weighted by atomic mass is 9.81. The Bertz CT molecular complexity index is 396. The molecule has 0 radical (unpaired) electrons. The van der Waals surface area contributed by atoms with Crippen LogP contribution in [0.25, 0.3) is 0 Å². The second-order valence-electron chi connectivity index (χ2n) is 7.67. The van der Waals surface area contributed by atoms with Gasteiger partial charge in [0.1, 0.15) is 0 Å². The zero-order valence-electron chi connectivity index (χ0n) is 17.4. The lowest BCUT2D eigenvalue weighted by Gasteiger charge is -2.29. The van der Waals surface area contributed by atoms with Crippen molar-refractivity contribution in [2.24, 2.45) is 29.2 Å². The minimum atomic E-state index is -4.01. The van der Waals surface area contributed by atoms with Gasteiger partial charge in [0.05, 0.1) is 18.4 Å². The fourth-order valence-electron chi connectivity index (χ4n) is 3.63. The van der Waals surface area contributed by atoms with E-state index in [2.05, 4.69) is 10.1 Å². The number of nitrogens with one attached hydrogen (secondary N) is 1. The van der Waals surface area contributed by atoms with E-state index < -0.39 is 24.2 Å². The summed E-state index contributed by atoms with van der Waals surface area (Å²) in [5.74, 6) is -2.06. The van der Waals surface area contributed by atoms with Gasteiger partial charge in [0.15, 0.2) is 0 Å². The monoisotopic (exact) mass is 437 g/mol. The van der Waals surface area contributed by atoms with Crippen molar-refractivity contribution in [1.29, 1.82) is 0 Å². The topological polar surface area (TPSA) is 73.3 Å². The number of hydrogen-bond donors (Lipinski definition) is 3. The molecule has 0 saturated heterocycles. The number of methoxy groups -OCH3 is 1. The summed E-state index contributed by atoms with van der Waals surface area (Å²) >= 11 is 0. The SMILES string of the molecule is CNC1CCC(C(F)(F)F)CC1.COCCN.NCC1CCCC(C(F)(F)F)C1. The van der Waals surface area contributed by atoms with Crippen molar-refractivity contribution in [2.75, 3.05) is 33.9 Å². The van der Waals surface area contributed by atoms with Crippen LogP contribution in [0.15, 0.2) is 0 Å². The minimum absolute atomic E-state index is 0.0883. The number of ether oxygens (including phenoxy) is 1. The molecule has 2 aliphatic carbocycles. The largest absolute Gasteiger partial charge is 0.391 e. The highest BCUT2D eigenvalue weighted by Crippen LogP contribution is 2.39. The summed E-state index contributed by atoms with van der Waals surface area (Å²) < 4.78 is 77.7. The third-order valence-corrected chi connectivity index (χ3v) is 5.50. The molecule has 10 heteroatoms. The Morgan fingerprint density at radius 1 is 0.862 bits per heavy atom. The van der Waals surface area contributed by atoms with E-state index in [1.165, 1.54) is 0 Å². The third-order valence-electron chi connectivity index (χ3n) is 5.50. The normalized spacial score (nSPS) is 27.9. The highest BCUT2D eigenvalue weighted by Gasteiger charge is 2.42. The highest BCUT2D eigenvalue weighted by molar-refractivity contribution is 4.80. The molecule has 0 amide bonds. The Balaban J connectivity index is 0.000000442. The second-order valence-corrected chi connectivity index (χ2v) is 7.67. The van der Waals surface area contributed by atoms with Crippen LogP contribution in [0, 0.1) is 17.8 Å². The van der Waals surface area contributed by atoms with Gasteiger partial charge in [-0.2, -0.15) is 26.3 Å². The van der Waals surface area contributed by atoms with Gasteiger partial charge < -0.3 is 21.5 Å². The van der Waals surface area contributed by atoms with E-state index >= 15 is 0 Å². The Morgan fingerprint density at radius 2 is 1.41 bits per heavy atom. The predicted molar refractivity (Wildman–Crippen MR) is 102 cm³/mol. The van der Waals surface area contributed by atoms with Crippen molar-refractivity contribution >= 4 is 0 Å². The average Bonchev–Trinajstić information content (AvgIpc) is 2.68. The molecule has 2 aliphatic rings. The molecular weight excluding hydrogens is 400 g/mol. The molecule has 29 heavy (non-hydrogen) atoms. The van der Waals surface area contributed by atoms with Crippen LogP contribution in [0.4, 0.5) is 26.3 Å². The number of nitrogens with two attached hydrogens (primary N) is 2. The van der Waals surface area contributed by atoms with E-state index in [4.69, 9.17) is 11.5 Å².